The zero-order valence-electron chi connectivity index (χ0n) is 4.00. The van der Waals surface area contributed by atoms with Gasteiger partial charge in [-0.15, -0.1) is 0 Å². The minimum atomic E-state index is -0.317. The van der Waals surface area contributed by atoms with E-state index >= 15 is 0 Å². The Morgan fingerprint density at radius 2 is 2.38 bits per heavy atom. The largest absolute Gasteiger partial charge is 0.493 e. The molecule has 0 aromatic rings. The molecule has 1 aliphatic heterocycles. The number of aliphatic imine (C=N–C) groups is 1. The number of hydrogen-bond acceptors (Lipinski definition) is 2. The second kappa shape index (κ2) is 1.96. The van der Waals surface area contributed by atoms with Gasteiger partial charge in [-0.1, -0.05) is 12.2 Å². The van der Waals surface area contributed by atoms with Gasteiger partial charge in [-0.25, -0.2) is 4.79 Å². The summed E-state index contributed by atoms with van der Waals surface area (Å²) in [5.74, 6) is -0.317. The van der Waals surface area contributed by atoms with Crippen molar-refractivity contribution in [3.05, 3.63) is 12.2 Å². The second-order valence-electron chi connectivity index (χ2n) is 1.31. The lowest BCUT2D eigenvalue weighted by atomic mass is 10.3. The average Bonchev–Trinajstić information content (AvgIpc) is 1.77. The minimum absolute atomic E-state index is 0.285. The number of dihydropyridines is 1. The Morgan fingerprint density at radius 3 is 2.75 bits per heavy atom. The van der Waals surface area contributed by atoms with Gasteiger partial charge in [0.25, 0.3) is 0 Å². The summed E-state index contributed by atoms with van der Waals surface area (Å²) in [6.45, 7) is 0. The van der Waals surface area contributed by atoms with Gasteiger partial charge in [0, 0.05) is 6.08 Å². The van der Waals surface area contributed by atoms with Crippen LogP contribution in [0.3, 0.4) is 0 Å². The Labute approximate surface area is 51.9 Å². The van der Waals surface area contributed by atoms with Gasteiger partial charge in [0.1, 0.15) is 4.99 Å². The quantitative estimate of drug-likeness (QED) is 0.422. The molecule has 0 aromatic heterocycles. The lowest BCUT2D eigenvalue weighted by Crippen LogP contribution is -2.17. The van der Waals surface area contributed by atoms with Crippen LogP contribution in [0.4, 0.5) is 0 Å². The van der Waals surface area contributed by atoms with E-state index in [0.29, 0.717) is 0 Å². The van der Waals surface area contributed by atoms with Crippen LogP contribution in [-0.4, -0.2) is 17.0 Å². The summed E-state index contributed by atoms with van der Waals surface area (Å²) in [6.07, 6.45) is 4.63. The highest BCUT2D eigenvalue weighted by molar-refractivity contribution is 7.82. The molecule has 0 atom stereocenters. The van der Waals surface area contributed by atoms with Gasteiger partial charge in [-0.3, -0.25) is 0 Å². The van der Waals surface area contributed by atoms with E-state index in [0.717, 1.165) is 0 Å². The van der Waals surface area contributed by atoms with E-state index in [9.17, 15) is 4.79 Å². The SMILES string of the molecule is O=C1[N+]=CC=CC1=S. The summed E-state index contributed by atoms with van der Waals surface area (Å²) in [5, 5.41) is 0. The number of carbonyl (C=O) groups is 1. The zero-order valence-corrected chi connectivity index (χ0v) is 4.81. The van der Waals surface area contributed by atoms with Crippen LogP contribution >= 0.6 is 12.2 Å². The first-order chi connectivity index (χ1) is 3.80. The molecular formula is C5H3NOS+. The number of nitrogens with zero attached hydrogens (tertiary/aromatic N) is 1. The molecule has 1 rings (SSSR count). The fourth-order valence-corrected chi connectivity index (χ4v) is 0.507. The van der Waals surface area contributed by atoms with Gasteiger partial charge in [0.05, 0.1) is 0 Å². The maximum atomic E-state index is 10.4. The standard InChI is InChI=1S/C5H3NOS/c7-5-4(8)2-1-3-6-5/h1-3H/q+1. The molecule has 1 radical (unpaired) electrons. The zero-order chi connectivity index (χ0) is 5.98. The smallest absolute Gasteiger partial charge is 0.206 e. The van der Waals surface area contributed by atoms with Crippen LogP contribution in [0.15, 0.2) is 12.2 Å². The molecule has 1 heterocycles. The van der Waals surface area contributed by atoms with Crippen LogP contribution < -0.4 is 4.99 Å². The van der Waals surface area contributed by atoms with E-state index in [-0.39, 0.29) is 10.8 Å². The van der Waals surface area contributed by atoms with Crippen LogP contribution in [0.2, 0.25) is 0 Å². The molecule has 0 saturated carbocycles. The predicted octanol–water partition coefficient (Wildman–Crippen LogP) is -0.141. The van der Waals surface area contributed by atoms with Crippen molar-refractivity contribution in [3.8, 4) is 0 Å². The van der Waals surface area contributed by atoms with Crippen LogP contribution in [0.1, 0.15) is 0 Å². The molecule has 8 heavy (non-hydrogen) atoms. The van der Waals surface area contributed by atoms with E-state index in [1.165, 1.54) is 6.21 Å². The van der Waals surface area contributed by atoms with Crippen molar-refractivity contribution >= 4 is 29.2 Å². The van der Waals surface area contributed by atoms with Crippen molar-refractivity contribution in [2.24, 2.45) is 0 Å². The van der Waals surface area contributed by atoms with E-state index < -0.39 is 0 Å². The molecule has 0 aromatic carbocycles. The van der Waals surface area contributed by atoms with Crippen molar-refractivity contribution < 1.29 is 4.79 Å². The molecular weight excluding hydrogens is 122 g/mol. The van der Waals surface area contributed by atoms with Crippen molar-refractivity contribution in [1.82, 2.24) is 4.99 Å². The van der Waals surface area contributed by atoms with Gasteiger partial charge in [0.15, 0.2) is 4.86 Å². The number of hydrogen-bond donors (Lipinski definition) is 0. The Bertz CT molecular complexity index is 171. The van der Waals surface area contributed by atoms with E-state index in [2.05, 4.69) is 17.2 Å². The molecule has 2 nitrogen and oxygen atoms in total. The van der Waals surface area contributed by atoms with Crippen LogP contribution in [-0.2, 0) is 4.79 Å². The summed E-state index contributed by atoms with van der Waals surface area (Å²) in [7, 11) is 0. The average molecular weight is 125 g/mol. The Kier molecular flexibility index (Phi) is 1.30. The first kappa shape index (κ1) is 5.31. The highest BCUT2D eigenvalue weighted by Crippen LogP contribution is 1.83. The van der Waals surface area contributed by atoms with E-state index in [4.69, 9.17) is 0 Å². The second-order valence-corrected chi connectivity index (χ2v) is 1.75. The molecule has 0 unspecified atom stereocenters. The molecule has 0 N–H and O–H groups in total. The summed E-state index contributed by atoms with van der Waals surface area (Å²) < 4.78 is 0. The molecule has 39 valence electrons. The third-order valence-corrected chi connectivity index (χ3v) is 1.05. The Morgan fingerprint density at radius 1 is 1.62 bits per heavy atom. The maximum absolute atomic E-state index is 10.4. The number of rotatable bonds is 0. The van der Waals surface area contributed by atoms with E-state index in [1.54, 1.807) is 12.2 Å². The molecule has 3 heteroatoms. The summed E-state index contributed by atoms with van der Waals surface area (Å²) in [5.41, 5.74) is 0. The third-order valence-electron chi connectivity index (χ3n) is 0.736. The first-order valence-corrected chi connectivity index (χ1v) is 2.50. The van der Waals surface area contributed by atoms with Crippen molar-refractivity contribution in [1.29, 1.82) is 0 Å². The Balaban J connectivity index is 2.89. The molecule has 0 fully saturated rings. The normalized spacial score (nSPS) is 17.5. The van der Waals surface area contributed by atoms with E-state index in [1.807, 2.05) is 0 Å². The summed E-state index contributed by atoms with van der Waals surface area (Å²) in [6, 6.07) is 0. The number of amides is 1. The summed E-state index contributed by atoms with van der Waals surface area (Å²) >= 11 is 4.58. The van der Waals surface area contributed by atoms with Gasteiger partial charge >= 0.3 is 5.91 Å². The first-order valence-electron chi connectivity index (χ1n) is 2.10. The van der Waals surface area contributed by atoms with Crippen LogP contribution in [0.5, 0.6) is 0 Å². The number of thiocarbonyl (C=S) groups is 1. The lowest BCUT2D eigenvalue weighted by molar-refractivity contribution is -0.112. The van der Waals surface area contributed by atoms with Crippen molar-refractivity contribution in [2.75, 3.05) is 0 Å². The highest BCUT2D eigenvalue weighted by atomic mass is 32.1. The summed E-state index contributed by atoms with van der Waals surface area (Å²) in [4.78, 5) is 14.1. The Hall–Kier alpha value is -0.830. The molecule has 0 bridgehead atoms. The van der Waals surface area contributed by atoms with Crippen LogP contribution in [0.25, 0.3) is 0 Å². The van der Waals surface area contributed by atoms with Gasteiger partial charge in [-0.2, -0.15) is 0 Å². The highest BCUT2D eigenvalue weighted by Gasteiger charge is 2.17. The van der Waals surface area contributed by atoms with Crippen LogP contribution in [0, 0.1) is 0 Å². The fourth-order valence-electron chi connectivity index (χ4n) is 0.376. The molecule has 0 spiro atoms. The maximum Gasteiger partial charge on any atom is 0.493 e. The molecule has 1 amide bonds. The monoisotopic (exact) mass is 125 g/mol. The molecule has 0 aliphatic carbocycles. The topological polar surface area (TPSA) is 31.2 Å². The van der Waals surface area contributed by atoms with Crippen molar-refractivity contribution in [2.45, 2.75) is 0 Å². The third kappa shape index (κ3) is 0.869. The molecule has 0 saturated heterocycles. The fraction of sp³-hybridized carbons (Fsp3) is 0. The number of allylic oxidation sites excluding steroid dienone is 1. The van der Waals surface area contributed by atoms with Gasteiger partial charge < -0.3 is 0 Å². The van der Waals surface area contributed by atoms with Gasteiger partial charge in [0.2, 0.25) is 6.21 Å². The lowest BCUT2D eigenvalue weighted by Gasteiger charge is -1.78. The van der Waals surface area contributed by atoms with Gasteiger partial charge in [-0.05, 0) is 6.08 Å². The van der Waals surface area contributed by atoms with Crippen molar-refractivity contribution in [3.63, 3.8) is 0 Å². The molecule has 1 aliphatic rings. The predicted molar refractivity (Wildman–Crippen MR) is 34.9 cm³/mol. The minimum Gasteiger partial charge on any atom is -0.206 e. The number of carbonyl (C=O) groups excluding carboxylic acids is 1.